The normalized spacial score (nSPS) is 7.20. The molecule has 0 aliphatic carbocycles. The Kier molecular flexibility index (Phi) is 8.74. The smallest absolute Gasteiger partial charge is 0.0946 e. The minimum atomic E-state index is -0.611. The van der Waals surface area contributed by atoms with E-state index in [1.165, 1.54) is 0 Å². The molecule has 31 valence electrons. The second-order valence-electron chi connectivity index (χ2n) is 0.742. The monoisotopic (exact) mass is 109 g/mol. The van der Waals surface area contributed by atoms with Crippen LogP contribution >= 0.6 is 9.90 Å². The molecule has 0 aromatic rings. The predicted molar refractivity (Wildman–Crippen MR) is 26.9 cm³/mol. The fourth-order valence-electron chi connectivity index (χ4n) is 0. The van der Waals surface area contributed by atoms with Crippen LogP contribution in [0.3, 0.4) is 0 Å². The molecule has 0 aliphatic heterocycles. The van der Waals surface area contributed by atoms with Crippen LogP contribution in [0.5, 0.6) is 0 Å². The summed E-state index contributed by atoms with van der Waals surface area (Å²) in [5.41, 5.74) is 0. The van der Waals surface area contributed by atoms with Crippen molar-refractivity contribution in [3.8, 4) is 0 Å². The molecule has 0 fully saturated rings. The molecular formula is C2H6OPS. The first-order valence-corrected chi connectivity index (χ1v) is 2.95. The Morgan fingerprint density at radius 2 is 1.40 bits per heavy atom. The van der Waals surface area contributed by atoms with Gasteiger partial charge in [0.05, 0.1) is 12.5 Å². The largest absolute Gasteiger partial charge is 0.617 e. The van der Waals surface area contributed by atoms with E-state index in [4.69, 9.17) is 0 Å². The topological polar surface area (TPSA) is 23.1 Å². The Morgan fingerprint density at radius 1 is 1.40 bits per heavy atom. The molecule has 0 unspecified atom stereocenters. The van der Waals surface area contributed by atoms with Gasteiger partial charge in [-0.15, -0.1) is 0 Å². The van der Waals surface area contributed by atoms with Crippen LogP contribution in [0.4, 0.5) is 0 Å². The van der Waals surface area contributed by atoms with Crippen molar-refractivity contribution < 1.29 is 4.55 Å². The first-order valence-electron chi connectivity index (χ1n) is 0.983. The third-order valence-corrected chi connectivity index (χ3v) is 0. The van der Waals surface area contributed by atoms with Crippen LogP contribution in [0.1, 0.15) is 0 Å². The standard InChI is InChI=1S/C2H6OS.P/c1-4(2)3;/h1-2H3;. The van der Waals surface area contributed by atoms with Gasteiger partial charge in [0, 0.05) is 9.90 Å². The van der Waals surface area contributed by atoms with Crippen LogP contribution in [0.2, 0.25) is 0 Å². The van der Waals surface area contributed by atoms with Gasteiger partial charge in [0.2, 0.25) is 0 Å². The van der Waals surface area contributed by atoms with Crippen molar-refractivity contribution in [1.29, 1.82) is 0 Å². The minimum Gasteiger partial charge on any atom is -0.617 e. The number of hydrogen-bond donors (Lipinski definition) is 0. The van der Waals surface area contributed by atoms with Gasteiger partial charge in [-0.2, -0.15) is 0 Å². The van der Waals surface area contributed by atoms with Gasteiger partial charge in [-0.05, 0) is 0 Å². The van der Waals surface area contributed by atoms with Crippen molar-refractivity contribution in [2.45, 2.75) is 0 Å². The first kappa shape index (κ1) is 9.22. The molecule has 0 aromatic carbocycles. The molecule has 3 heteroatoms. The van der Waals surface area contributed by atoms with Gasteiger partial charge in [0.25, 0.3) is 0 Å². The van der Waals surface area contributed by atoms with Crippen LogP contribution < -0.4 is 0 Å². The van der Waals surface area contributed by atoms with E-state index in [1.54, 1.807) is 12.5 Å². The molecule has 0 aromatic heterocycles. The average molecular weight is 109 g/mol. The minimum absolute atomic E-state index is 0. The lowest BCUT2D eigenvalue weighted by atomic mass is 11.9. The van der Waals surface area contributed by atoms with Crippen LogP contribution in [-0.4, -0.2) is 17.1 Å². The average Bonchev–Trinajstić information content (AvgIpc) is 0.811. The Balaban J connectivity index is 0. The maximum atomic E-state index is 9.56. The van der Waals surface area contributed by atoms with E-state index >= 15 is 0 Å². The van der Waals surface area contributed by atoms with Crippen molar-refractivity contribution in [2.75, 3.05) is 12.5 Å². The number of hydrogen-bond acceptors (Lipinski definition) is 1. The molecule has 0 saturated heterocycles. The van der Waals surface area contributed by atoms with E-state index in [1.807, 2.05) is 0 Å². The summed E-state index contributed by atoms with van der Waals surface area (Å²) in [5, 5.41) is 0. The summed E-state index contributed by atoms with van der Waals surface area (Å²) < 4.78 is 9.56. The Morgan fingerprint density at radius 3 is 1.40 bits per heavy atom. The zero-order valence-corrected chi connectivity index (χ0v) is 4.97. The summed E-state index contributed by atoms with van der Waals surface area (Å²) in [7, 11) is 0. The fraction of sp³-hybridized carbons (Fsp3) is 1.00. The van der Waals surface area contributed by atoms with Gasteiger partial charge in [-0.3, -0.25) is 0 Å². The predicted octanol–water partition coefficient (Wildman–Crippen LogP) is 0.856. The molecule has 3 radical (unpaired) electrons. The van der Waals surface area contributed by atoms with Gasteiger partial charge < -0.3 is 4.55 Å². The maximum absolute atomic E-state index is 9.56. The Bertz CT molecular complexity index is 14.4. The van der Waals surface area contributed by atoms with Crippen LogP contribution in [0, 0.1) is 0 Å². The van der Waals surface area contributed by atoms with Gasteiger partial charge in [0.1, 0.15) is 0 Å². The highest BCUT2D eigenvalue weighted by Gasteiger charge is 1.66. The molecule has 0 heterocycles. The van der Waals surface area contributed by atoms with Gasteiger partial charge in [-0.25, -0.2) is 0 Å². The molecule has 1 nitrogen and oxygen atoms in total. The van der Waals surface area contributed by atoms with E-state index in [0.717, 1.165) is 0 Å². The quantitative estimate of drug-likeness (QED) is 0.334. The molecule has 0 bridgehead atoms. The van der Waals surface area contributed by atoms with Crippen molar-refractivity contribution in [3.63, 3.8) is 0 Å². The lowest BCUT2D eigenvalue weighted by Gasteiger charge is -1.87. The molecule has 0 saturated carbocycles. The highest BCUT2D eigenvalue weighted by atomic mass is 32.2. The summed E-state index contributed by atoms with van der Waals surface area (Å²) in [5.74, 6) is 0. The SMILES string of the molecule is C[S+](C)[O-].[P]. The molecule has 0 rings (SSSR count). The van der Waals surface area contributed by atoms with Crippen LogP contribution in [0.25, 0.3) is 0 Å². The molecule has 5 heavy (non-hydrogen) atoms. The Hall–Kier alpha value is 0.740. The van der Waals surface area contributed by atoms with Crippen molar-refractivity contribution in [2.24, 2.45) is 0 Å². The highest BCUT2D eigenvalue weighted by Crippen LogP contribution is 1.61. The van der Waals surface area contributed by atoms with E-state index in [2.05, 4.69) is 0 Å². The molecule has 0 amide bonds. The molecule has 0 atom stereocenters. The molecular weight excluding hydrogens is 103 g/mol. The second kappa shape index (κ2) is 4.74. The summed E-state index contributed by atoms with van der Waals surface area (Å²) in [4.78, 5) is 0. The summed E-state index contributed by atoms with van der Waals surface area (Å²) in [6, 6.07) is 0. The van der Waals surface area contributed by atoms with Gasteiger partial charge in [0.15, 0.2) is 0 Å². The second-order valence-corrected chi connectivity index (χ2v) is 2.22. The lowest BCUT2D eigenvalue weighted by Crippen LogP contribution is -1.86. The third kappa shape index (κ3) is 65.0. The van der Waals surface area contributed by atoms with Crippen LogP contribution in [-0.2, 0) is 11.2 Å². The fourth-order valence-corrected chi connectivity index (χ4v) is 0. The zero-order chi connectivity index (χ0) is 3.58. The van der Waals surface area contributed by atoms with E-state index in [9.17, 15) is 4.55 Å². The number of rotatable bonds is 0. The van der Waals surface area contributed by atoms with E-state index in [0.29, 0.717) is 0 Å². The summed E-state index contributed by atoms with van der Waals surface area (Å²) >= 11 is -0.611. The maximum Gasteiger partial charge on any atom is 0.0946 e. The van der Waals surface area contributed by atoms with Crippen molar-refractivity contribution in [3.05, 3.63) is 0 Å². The van der Waals surface area contributed by atoms with E-state index in [-0.39, 0.29) is 9.90 Å². The molecule has 0 spiro atoms. The van der Waals surface area contributed by atoms with Gasteiger partial charge in [-0.1, -0.05) is 11.2 Å². The summed E-state index contributed by atoms with van der Waals surface area (Å²) in [6.07, 6.45) is 3.28. The van der Waals surface area contributed by atoms with Crippen molar-refractivity contribution >= 4 is 21.1 Å². The lowest BCUT2D eigenvalue weighted by molar-refractivity contribution is 0.606. The molecule has 0 aliphatic rings. The zero-order valence-electron chi connectivity index (χ0n) is 3.26. The van der Waals surface area contributed by atoms with Gasteiger partial charge >= 0.3 is 0 Å². The Labute approximate surface area is 38.9 Å². The van der Waals surface area contributed by atoms with Crippen molar-refractivity contribution in [1.82, 2.24) is 0 Å². The molecule has 0 N–H and O–H groups in total. The first-order chi connectivity index (χ1) is 1.73. The summed E-state index contributed by atoms with van der Waals surface area (Å²) in [6.45, 7) is 0. The highest BCUT2D eigenvalue weighted by molar-refractivity contribution is 7.89. The van der Waals surface area contributed by atoms with Crippen LogP contribution in [0.15, 0.2) is 0 Å². The van der Waals surface area contributed by atoms with E-state index < -0.39 is 11.2 Å². The third-order valence-electron chi connectivity index (χ3n) is 0.